The van der Waals surface area contributed by atoms with Crippen LogP contribution >= 0.6 is 0 Å². The summed E-state index contributed by atoms with van der Waals surface area (Å²) in [5.74, 6) is 0.807. The summed E-state index contributed by atoms with van der Waals surface area (Å²) in [5.41, 5.74) is 1.47. The molecule has 0 amide bonds. The molecule has 0 saturated carbocycles. The summed E-state index contributed by atoms with van der Waals surface area (Å²) in [6, 6.07) is 13.7. The summed E-state index contributed by atoms with van der Waals surface area (Å²) in [6.45, 7) is 2.94. The predicted molar refractivity (Wildman–Crippen MR) is 163 cm³/mol. The molecule has 5 nitrogen and oxygen atoms in total. The van der Waals surface area contributed by atoms with Crippen molar-refractivity contribution in [1.29, 1.82) is 0 Å². The maximum absolute atomic E-state index is 11.3. The van der Waals surface area contributed by atoms with Gasteiger partial charge in [-0.15, -0.1) is 0 Å². The fraction of sp³-hybridized carbons (Fsp3) is 0.529. The lowest BCUT2D eigenvalue weighted by Gasteiger charge is -2.08. The van der Waals surface area contributed by atoms with Crippen LogP contribution in [0.3, 0.4) is 0 Å². The Morgan fingerprint density at radius 2 is 1.36 bits per heavy atom. The van der Waals surface area contributed by atoms with E-state index in [4.69, 9.17) is 9.15 Å². The fourth-order valence-corrected chi connectivity index (χ4v) is 4.85. The Bertz CT molecular complexity index is 1180. The molecule has 0 bridgehead atoms. The molecule has 39 heavy (non-hydrogen) atoms. The van der Waals surface area contributed by atoms with Crippen molar-refractivity contribution in [1.82, 2.24) is 0 Å². The van der Waals surface area contributed by atoms with Crippen LogP contribution in [0.5, 0.6) is 11.5 Å². The van der Waals surface area contributed by atoms with Crippen molar-refractivity contribution in [3.63, 3.8) is 0 Å². The van der Waals surface area contributed by atoms with Crippen molar-refractivity contribution in [2.24, 2.45) is 4.99 Å². The van der Waals surface area contributed by atoms with Crippen molar-refractivity contribution < 1.29 is 14.3 Å². The second-order valence-electron chi connectivity index (χ2n) is 10.6. The van der Waals surface area contributed by atoms with Gasteiger partial charge in [-0.25, -0.2) is 4.79 Å². The molecule has 0 saturated heterocycles. The largest absolute Gasteiger partial charge is 0.507 e. The number of rotatable bonds is 20. The van der Waals surface area contributed by atoms with Gasteiger partial charge in [0.05, 0.1) is 12.3 Å². The van der Waals surface area contributed by atoms with Gasteiger partial charge in [0.1, 0.15) is 17.1 Å². The van der Waals surface area contributed by atoms with Crippen LogP contribution in [0, 0.1) is 0 Å². The molecule has 0 aliphatic heterocycles. The molecule has 2 aromatic carbocycles. The Labute approximate surface area is 234 Å². The molecule has 0 aliphatic rings. The van der Waals surface area contributed by atoms with Crippen molar-refractivity contribution in [2.75, 3.05) is 6.61 Å². The molecule has 3 aromatic rings. The van der Waals surface area contributed by atoms with Crippen molar-refractivity contribution in [3.05, 3.63) is 64.5 Å². The van der Waals surface area contributed by atoms with Crippen LogP contribution < -0.4 is 10.4 Å². The molecule has 0 fully saturated rings. The molecule has 0 aliphatic carbocycles. The van der Waals surface area contributed by atoms with E-state index in [0.717, 1.165) is 11.8 Å². The number of aromatic hydroxyl groups is 1. The number of unbranched alkanes of at least 4 members (excludes halogenated alkanes) is 15. The Balaban J connectivity index is 1.22. The molecule has 0 unspecified atom stereocenters. The minimum absolute atomic E-state index is 0.134. The molecule has 0 atom stereocenters. The van der Waals surface area contributed by atoms with Crippen LogP contribution in [-0.2, 0) is 0 Å². The summed E-state index contributed by atoms with van der Waals surface area (Å²) < 4.78 is 11.0. The van der Waals surface area contributed by atoms with Gasteiger partial charge in [-0.1, -0.05) is 103 Å². The van der Waals surface area contributed by atoms with E-state index in [9.17, 15) is 9.90 Å². The third-order valence-electron chi connectivity index (χ3n) is 7.22. The number of fused-ring (bicyclic) bond motifs is 1. The third kappa shape index (κ3) is 12.1. The molecular weight excluding hydrogens is 486 g/mol. The minimum atomic E-state index is -0.374. The van der Waals surface area contributed by atoms with Gasteiger partial charge in [0, 0.05) is 29.3 Å². The minimum Gasteiger partial charge on any atom is -0.507 e. The summed E-state index contributed by atoms with van der Waals surface area (Å²) in [5, 5.41) is 11.2. The Kier molecular flexibility index (Phi) is 14.3. The number of phenolic OH excluding ortho intramolecular Hbond substituents is 1. The van der Waals surface area contributed by atoms with Crippen molar-refractivity contribution in [3.8, 4) is 11.5 Å². The number of ether oxygens (including phenoxy) is 1. The molecule has 5 heteroatoms. The van der Waals surface area contributed by atoms with Gasteiger partial charge in [-0.05, 0) is 42.8 Å². The Hall–Kier alpha value is -3.08. The second kappa shape index (κ2) is 18.3. The van der Waals surface area contributed by atoms with Gasteiger partial charge in [0.25, 0.3) is 0 Å². The van der Waals surface area contributed by atoms with Gasteiger partial charge in [-0.2, -0.15) is 0 Å². The van der Waals surface area contributed by atoms with Crippen LogP contribution in [0.4, 0.5) is 5.69 Å². The zero-order valence-corrected chi connectivity index (χ0v) is 23.8. The normalized spacial score (nSPS) is 11.5. The lowest BCUT2D eigenvalue weighted by molar-refractivity contribution is 0.302. The average molecular weight is 534 g/mol. The molecule has 3 rings (SSSR count). The van der Waals surface area contributed by atoms with E-state index in [1.807, 2.05) is 18.2 Å². The van der Waals surface area contributed by atoms with Crippen molar-refractivity contribution >= 4 is 22.9 Å². The van der Waals surface area contributed by atoms with Gasteiger partial charge < -0.3 is 14.3 Å². The summed E-state index contributed by atoms with van der Waals surface area (Å²) in [7, 11) is 0. The summed E-state index contributed by atoms with van der Waals surface area (Å²) in [4.78, 5) is 15.8. The molecule has 1 N–H and O–H groups in total. The van der Waals surface area contributed by atoms with Crippen LogP contribution in [-0.4, -0.2) is 17.9 Å². The predicted octanol–water partition coefficient (Wildman–Crippen LogP) is 9.89. The van der Waals surface area contributed by atoms with Gasteiger partial charge in [0.2, 0.25) is 0 Å². The highest BCUT2D eigenvalue weighted by Gasteiger charge is 2.03. The first-order valence-electron chi connectivity index (χ1n) is 15.2. The van der Waals surface area contributed by atoms with Crippen LogP contribution in [0.15, 0.2) is 62.7 Å². The number of aliphatic imine (C=N–C) groups is 1. The third-order valence-corrected chi connectivity index (χ3v) is 7.22. The highest BCUT2D eigenvalue weighted by molar-refractivity contribution is 5.87. The summed E-state index contributed by atoms with van der Waals surface area (Å²) >= 11 is 0. The van der Waals surface area contributed by atoms with E-state index < -0.39 is 0 Å². The number of nitrogens with zero attached hydrogens (tertiary/aromatic N) is 1. The Morgan fingerprint density at radius 1 is 0.744 bits per heavy atom. The van der Waals surface area contributed by atoms with E-state index in [1.54, 1.807) is 30.5 Å². The molecule has 0 radical (unpaired) electrons. The van der Waals surface area contributed by atoms with Crippen molar-refractivity contribution in [2.45, 2.75) is 110 Å². The fourth-order valence-electron chi connectivity index (χ4n) is 4.85. The van der Waals surface area contributed by atoms with Gasteiger partial charge >= 0.3 is 5.63 Å². The zero-order valence-electron chi connectivity index (χ0n) is 23.8. The summed E-state index contributed by atoms with van der Waals surface area (Å²) in [6.07, 6.45) is 23.3. The van der Waals surface area contributed by atoms with E-state index in [-0.39, 0.29) is 11.4 Å². The number of benzene rings is 2. The molecule has 0 spiro atoms. The average Bonchev–Trinajstić information content (AvgIpc) is 2.94. The van der Waals surface area contributed by atoms with E-state index in [0.29, 0.717) is 29.2 Å². The smallest absolute Gasteiger partial charge is 0.336 e. The maximum atomic E-state index is 11.3. The van der Waals surface area contributed by atoms with E-state index in [1.165, 1.54) is 102 Å². The van der Waals surface area contributed by atoms with Crippen LogP contribution in [0.25, 0.3) is 11.0 Å². The van der Waals surface area contributed by atoms with E-state index >= 15 is 0 Å². The first kappa shape index (κ1) is 30.5. The first-order valence-corrected chi connectivity index (χ1v) is 15.2. The molecular formula is C34H47NO4. The number of hydrogen-bond acceptors (Lipinski definition) is 5. The number of hydrogen-bond donors (Lipinski definition) is 1. The van der Waals surface area contributed by atoms with Gasteiger partial charge in [0.15, 0.2) is 0 Å². The molecule has 1 heterocycles. The van der Waals surface area contributed by atoms with Gasteiger partial charge in [-0.3, -0.25) is 4.99 Å². The Morgan fingerprint density at radius 3 is 1.97 bits per heavy atom. The standard InChI is InChI=1S/C34H47NO4/c1-2-3-4-5-6-7-8-9-10-11-12-13-14-15-16-17-24-38-31-21-18-29(32(36)26-31)27-35-30-20-22-33-28(25-30)19-23-34(37)39-33/h18-23,25-27,36H,2-17,24H2,1H3. The highest BCUT2D eigenvalue weighted by atomic mass is 16.5. The maximum Gasteiger partial charge on any atom is 0.336 e. The molecule has 212 valence electrons. The van der Waals surface area contributed by atoms with Crippen LogP contribution in [0.2, 0.25) is 0 Å². The highest BCUT2D eigenvalue weighted by Crippen LogP contribution is 2.25. The SMILES string of the molecule is CCCCCCCCCCCCCCCCCCOc1ccc(C=Nc2ccc3oc(=O)ccc3c2)c(O)c1. The van der Waals surface area contributed by atoms with Crippen LogP contribution in [0.1, 0.15) is 115 Å². The second-order valence-corrected chi connectivity index (χ2v) is 10.6. The zero-order chi connectivity index (χ0) is 27.5. The lowest BCUT2D eigenvalue weighted by atomic mass is 10.0. The number of phenols is 1. The monoisotopic (exact) mass is 533 g/mol. The first-order chi connectivity index (χ1) is 19.2. The topological polar surface area (TPSA) is 72.0 Å². The lowest BCUT2D eigenvalue weighted by Crippen LogP contribution is -1.97. The quantitative estimate of drug-likeness (QED) is 0.0891. The molecule has 1 aromatic heterocycles. The van der Waals surface area contributed by atoms with E-state index in [2.05, 4.69) is 11.9 Å².